The van der Waals surface area contributed by atoms with E-state index in [0.717, 1.165) is 19.4 Å². The Hall–Kier alpha value is -0.980. The Morgan fingerprint density at radius 2 is 2.11 bits per heavy atom. The fourth-order valence-electron chi connectivity index (χ4n) is 1.89. The van der Waals surface area contributed by atoms with E-state index in [4.69, 9.17) is 4.74 Å². The lowest BCUT2D eigenvalue weighted by Gasteiger charge is -2.15. The minimum absolute atomic E-state index is 0.138. The summed E-state index contributed by atoms with van der Waals surface area (Å²) >= 11 is 0. The van der Waals surface area contributed by atoms with Crippen LogP contribution in [0, 0.1) is 0 Å². The maximum absolute atomic E-state index is 11.9. The summed E-state index contributed by atoms with van der Waals surface area (Å²) < 4.78 is 41.3. The molecule has 0 aromatic rings. The monoisotopic (exact) mass is 281 g/mol. The van der Waals surface area contributed by atoms with E-state index in [9.17, 15) is 13.2 Å². The summed E-state index contributed by atoms with van der Waals surface area (Å²) in [7, 11) is 1.64. The van der Waals surface area contributed by atoms with Crippen molar-refractivity contribution >= 4 is 5.96 Å². The molecule has 19 heavy (non-hydrogen) atoms. The lowest BCUT2D eigenvalue weighted by Crippen LogP contribution is -2.41. The third-order valence-electron chi connectivity index (χ3n) is 2.92. The zero-order chi connectivity index (χ0) is 14.1. The van der Waals surface area contributed by atoms with Gasteiger partial charge < -0.3 is 15.4 Å². The number of nitrogens with one attached hydrogen (secondary N) is 2. The molecule has 0 aromatic carbocycles. The van der Waals surface area contributed by atoms with Crippen LogP contribution in [0.1, 0.15) is 32.1 Å². The number of halogens is 3. The van der Waals surface area contributed by atoms with Crippen LogP contribution in [0.2, 0.25) is 0 Å². The van der Waals surface area contributed by atoms with Crippen molar-refractivity contribution in [3.8, 4) is 0 Å². The van der Waals surface area contributed by atoms with E-state index in [1.807, 2.05) is 0 Å². The van der Waals surface area contributed by atoms with Crippen molar-refractivity contribution in [1.29, 1.82) is 0 Å². The summed E-state index contributed by atoms with van der Waals surface area (Å²) in [4.78, 5) is 4.01. The normalized spacial score (nSPS) is 20.6. The van der Waals surface area contributed by atoms with Crippen LogP contribution in [0.5, 0.6) is 0 Å². The van der Waals surface area contributed by atoms with Gasteiger partial charge in [-0.1, -0.05) is 0 Å². The number of rotatable bonds is 6. The van der Waals surface area contributed by atoms with Gasteiger partial charge in [0.15, 0.2) is 5.96 Å². The fourth-order valence-corrected chi connectivity index (χ4v) is 1.89. The number of hydrogen-bond donors (Lipinski definition) is 2. The van der Waals surface area contributed by atoms with Crippen molar-refractivity contribution in [2.24, 2.45) is 4.99 Å². The molecule has 1 saturated heterocycles. The summed E-state index contributed by atoms with van der Waals surface area (Å²) in [6.45, 7) is 1.97. The molecular weight excluding hydrogens is 259 g/mol. The molecule has 1 aliphatic rings. The summed E-state index contributed by atoms with van der Waals surface area (Å²) in [6, 6.07) is 0. The van der Waals surface area contributed by atoms with E-state index in [-0.39, 0.29) is 12.5 Å². The third kappa shape index (κ3) is 7.92. The zero-order valence-corrected chi connectivity index (χ0v) is 11.2. The first kappa shape index (κ1) is 16.1. The molecule has 1 rings (SSSR count). The fraction of sp³-hybridized carbons (Fsp3) is 0.917. The van der Waals surface area contributed by atoms with Crippen molar-refractivity contribution in [2.75, 3.05) is 26.7 Å². The molecule has 1 unspecified atom stereocenters. The molecule has 2 N–H and O–H groups in total. The van der Waals surface area contributed by atoms with Gasteiger partial charge in [-0.3, -0.25) is 4.99 Å². The third-order valence-corrected chi connectivity index (χ3v) is 2.92. The van der Waals surface area contributed by atoms with Gasteiger partial charge in [-0.25, -0.2) is 0 Å². The molecule has 1 atom stereocenters. The average molecular weight is 281 g/mol. The second kappa shape index (κ2) is 8.24. The van der Waals surface area contributed by atoms with Crippen LogP contribution in [0.3, 0.4) is 0 Å². The molecule has 0 aromatic heterocycles. The first-order valence-electron chi connectivity index (χ1n) is 6.64. The summed E-state index contributed by atoms with van der Waals surface area (Å²) in [5.74, 6) is 0.613. The predicted octanol–water partition coefficient (Wildman–Crippen LogP) is 2.06. The van der Waals surface area contributed by atoms with Crippen molar-refractivity contribution in [1.82, 2.24) is 10.6 Å². The maximum Gasteiger partial charge on any atom is 0.389 e. The lowest BCUT2D eigenvalue weighted by molar-refractivity contribution is -0.135. The van der Waals surface area contributed by atoms with Gasteiger partial charge in [0.25, 0.3) is 0 Å². The Balaban J connectivity index is 2.05. The van der Waals surface area contributed by atoms with Crippen LogP contribution in [-0.4, -0.2) is 45.0 Å². The summed E-state index contributed by atoms with van der Waals surface area (Å²) in [5, 5.41) is 6.11. The SMILES string of the molecule is CN=C(NCCCCC(F)(F)F)NCC1CCCO1. The van der Waals surface area contributed by atoms with E-state index in [2.05, 4.69) is 15.6 Å². The molecule has 1 heterocycles. The van der Waals surface area contributed by atoms with Crippen LogP contribution >= 0.6 is 0 Å². The molecule has 7 heteroatoms. The van der Waals surface area contributed by atoms with Crippen LogP contribution in [-0.2, 0) is 4.74 Å². The minimum Gasteiger partial charge on any atom is -0.376 e. The molecule has 0 radical (unpaired) electrons. The second-order valence-corrected chi connectivity index (χ2v) is 4.59. The van der Waals surface area contributed by atoms with Crippen LogP contribution < -0.4 is 10.6 Å². The number of hydrogen-bond acceptors (Lipinski definition) is 2. The molecule has 0 spiro atoms. The second-order valence-electron chi connectivity index (χ2n) is 4.59. The zero-order valence-electron chi connectivity index (χ0n) is 11.2. The van der Waals surface area contributed by atoms with Crippen molar-refractivity contribution < 1.29 is 17.9 Å². The highest BCUT2D eigenvalue weighted by Gasteiger charge is 2.25. The minimum atomic E-state index is -4.06. The molecule has 1 aliphatic heterocycles. The van der Waals surface area contributed by atoms with Crippen LogP contribution in [0.25, 0.3) is 0 Å². The van der Waals surface area contributed by atoms with Gasteiger partial charge >= 0.3 is 6.18 Å². The standard InChI is InChI=1S/C12H22F3N3O/c1-16-11(18-9-10-5-4-8-19-10)17-7-3-2-6-12(13,14)15/h10H,2-9H2,1H3,(H2,16,17,18). The van der Waals surface area contributed by atoms with Crippen LogP contribution in [0.4, 0.5) is 13.2 Å². The smallest absolute Gasteiger partial charge is 0.376 e. The maximum atomic E-state index is 11.9. The molecule has 0 amide bonds. The van der Waals surface area contributed by atoms with Gasteiger partial charge in [-0.2, -0.15) is 13.2 Å². The van der Waals surface area contributed by atoms with E-state index in [0.29, 0.717) is 25.5 Å². The van der Waals surface area contributed by atoms with Crippen molar-refractivity contribution in [3.63, 3.8) is 0 Å². The van der Waals surface area contributed by atoms with Crippen molar-refractivity contribution in [3.05, 3.63) is 0 Å². The topological polar surface area (TPSA) is 45.7 Å². The molecular formula is C12H22F3N3O. The quantitative estimate of drug-likeness (QED) is 0.445. The Morgan fingerprint density at radius 3 is 2.68 bits per heavy atom. The number of ether oxygens (including phenoxy) is 1. The van der Waals surface area contributed by atoms with Gasteiger partial charge in [0.05, 0.1) is 6.10 Å². The lowest BCUT2D eigenvalue weighted by atomic mass is 10.2. The van der Waals surface area contributed by atoms with Crippen molar-refractivity contribution in [2.45, 2.75) is 44.4 Å². The van der Waals surface area contributed by atoms with Gasteiger partial charge in [0.1, 0.15) is 0 Å². The highest BCUT2D eigenvalue weighted by atomic mass is 19.4. The predicted molar refractivity (Wildman–Crippen MR) is 68.2 cm³/mol. The molecule has 112 valence electrons. The van der Waals surface area contributed by atoms with Crippen LogP contribution in [0.15, 0.2) is 4.99 Å². The Kier molecular flexibility index (Phi) is 6.97. The Bertz CT molecular complexity index is 276. The van der Waals surface area contributed by atoms with Gasteiger partial charge in [-0.15, -0.1) is 0 Å². The highest BCUT2D eigenvalue weighted by Crippen LogP contribution is 2.21. The Morgan fingerprint density at radius 1 is 1.32 bits per heavy atom. The van der Waals surface area contributed by atoms with E-state index >= 15 is 0 Å². The van der Waals surface area contributed by atoms with E-state index in [1.165, 1.54) is 0 Å². The number of alkyl halides is 3. The van der Waals surface area contributed by atoms with E-state index in [1.54, 1.807) is 7.05 Å². The number of guanidine groups is 1. The average Bonchev–Trinajstić information content (AvgIpc) is 2.84. The Labute approximate surface area is 111 Å². The van der Waals surface area contributed by atoms with E-state index < -0.39 is 12.6 Å². The molecule has 1 fully saturated rings. The largest absolute Gasteiger partial charge is 0.389 e. The number of unbranched alkanes of at least 4 members (excludes halogenated alkanes) is 1. The van der Waals surface area contributed by atoms with Gasteiger partial charge in [-0.05, 0) is 25.7 Å². The van der Waals surface area contributed by atoms with Gasteiger partial charge in [0, 0.05) is 33.2 Å². The number of nitrogens with zero attached hydrogens (tertiary/aromatic N) is 1. The first-order chi connectivity index (χ1) is 9.01. The summed E-state index contributed by atoms with van der Waals surface area (Å²) in [5.41, 5.74) is 0. The molecule has 0 aliphatic carbocycles. The molecule has 0 saturated carbocycles. The first-order valence-corrected chi connectivity index (χ1v) is 6.64. The van der Waals surface area contributed by atoms with Gasteiger partial charge in [0.2, 0.25) is 0 Å². The molecule has 4 nitrogen and oxygen atoms in total. The molecule has 0 bridgehead atoms. The summed E-state index contributed by atoms with van der Waals surface area (Å²) in [6.07, 6.45) is -1.84. The highest BCUT2D eigenvalue weighted by molar-refractivity contribution is 5.79. The number of aliphatic imine (C=N–C) groups is 1.